The number of halogens is 2. The van der Waals surface area contributed by atoms with E-state index in [4.69, 9.17) is 9.47 Å². The number of amidine groups is 1. The molecule has 10 heteroatoms. The Balaban J connectivity index is 1.81. The Morgan fingerprint density at radius 2 is 1.94 bits per heavy atom. The first kappa shape index (κ1) is 23.0. The summed E-state index contributed by atoms with van der Waals surface area (Å²) in [6.07, 6.45) is 3.33. The van der Waals surface area contributed by atoms with Crippen LogP contribution in [0.15, 0.2) is 65.9 Å². The number of aryl methyl sites for hydroxylation is 1. The number of carbonyl (C=O) groups is 1. The number of rotatable bonds is 8. The van der Waals surface area contributed by atoms with Crippen molar-refractivity contribution in [2.75, 3.05) is 13.7 Å². The van der Waals surface area contributed by atoms with Crippen molar-refractivity contribution in [2.24, 2.45) is 4.99 Å². The third-order valence-electron chi connectivity index (χ3n) is 5.40. The van der Waals surface area contributed by atoms with Gasteiger partial charge in [-0.3, -0.25) is 9.78 Å². The van der Waals surface area contributed by atoms with E-state index >= 15 is 0 Å². The fourth-order valence-corrected chi connectivity index (χ4v) is 3.78. The molecule has 0 saturated carbocycles. The molecule has 3 aromatic rings. The van der Waals surface area contributed by atoms with Gasteiger partial charge in [-0.05, 0) is 53.4 Å². The van der Waals surface area contributed by atoms with Crippen LogP contribution in [0.1, 0.15) is 16.7 Å². The van der Waals surface area contributed by atoms with Gasteiger partial charge in [0.1, 0.15) is 18.1 Å². The van der Waals surface area contributed by atoms with E-state index in [-0.39, 0.29) is 24.9 Å². The van der Waals surface area contributed by atoms with Gasteiger partial charge in [0.15, 0.2) is 5.54 Å². The lowest BCUT2D eigenvalue weighted by molar-refractivity contribution is -0.132. The van der Waals surface area contributed by atoms with Crippen molar-refractivity contribution in [2.45, 2.75) is 19.1 Å². The van der Waals surface area contributed by atoms with E-state index in [1.165, 1.54) is 6.07 Å². The van der Waals surface area contributed by atoms with Gasteiger partial charge >= 0.3 is 19.1 Å². The normalized spacial score (nSPS) is 17.0. The van der Waals surface area contributed by atoms with E-state index in [0.29, 0.717) is 16.9 Å². The molecule has 0 radical (unpaired) electrons. The number of alkyl halides is 2. The molecule has 2 heterocycles. The van der Waals surface area contributed by atoms with Gasteiger partial charge < -0.3 is 19.0 Å². The quantitative estimate of drug-likeness (QED) is 0.394. The second-order valence-corrected chi connectivity index (χ2v) is 7.44. The number of aromatic nitrogens is 1. The van der Waals surface area contributed by atoms with Gasteiger partial charge in [0, 0.05) is 11.8 Å². The number of pyridine rings is 1. The number of methoxy groups -OCH3 is 1. The highest BCUT2D eigenvalue weighted by atomic mass is 19.3. The largest absolute Gasteiger partial charge is 0.495 e. The number of hydroxylamine groups is 1. The molecule has 1 N–H and O–H groups in total. The second-order valence-electron chi connectivity index (χ2n) is 7.44. The van der Waals surface area contributed by atoms with E-state index in [1.807, 2.05) is 30.3 Å². The Morgan fingerprint density at radius 1 is 1.12 bits per heavy atom. The molecule has 176 valence electrons. The minimum absolute atomic E-state index is 0.00566. The molecule has 0 spiro atoms. The average Bonchev–Trinajstić information content (AvgIpc) is 3.29. The highest BCUT2D eigenvalue weighted by Crippen LogP contribution is 2.40. The lowest BCUT2D eigenvalue weighted by atomic mass is 9.82. The number of nitrogens with zero attached hydrogens (tertiary/aromatic N) is 2. The number of hydrogen-bond donors (Lipinski definition) is 1. The van der Waals surface area contributed by atoms with E-state index in [2.05, 4.69) is 25.0 Å². The molecule has 0 amide bonds. The standard InChI is InChI=1S/C24H21F2N3O5/c1-15-8-19(6-7-21(15)34-22(25)26)24(13-32-23(28-24)29-33-14-30)18-5-3-4-16(9-18)17-10-20(31-2)12-27-11-17/h3-12,14,22H,13H2,1-2H3,(H,28,29). The molecule has 1 aliphatic rings. The van der Waals surface area contributed by atoms with Gasteiger partial charge in [-0.2, -0.15) is 14.3 Å². The topological polar surface area (TPSA) is 91.3 Å². The lowest BCUT2D eigenvalue weighted by Gasteiger charge is -2.26. The molecule has 1 unspecified atom stereocenters. The molecular formula is C24H21F2N3O5. The molecule has 1 atom stereocenters. The predicted molar refractivity (Wildman–Crippen MR) is 118 cm³/mol. The van der Waals surface area contributed by atoms with Gasteiger partial charge in [0.25, 0.3) is 0 Å². The number of carbonyl (C=O) groups excluding carboxylic acids is 1. The average molecular weight is 469 g/mol. The summed E-state index contributed by atoms with van der Waals surface area (Å²) >= 11 is 0. The lowest BCUT2D eigenvalue weighted by Crippen LogP contribution is -2.27. The number of nitrogens with one attached hydrogen (secondary N) is 1. The zero-order valence-electron chi connectivity index (χ0n) is 18.3. The van der Waals surface area contributed by atoms with Crippen LogP contribution in [-0.4, -0.2) is 37.8 Å². The van der Waals surface area contributed by atoms with Crippen LogP contribution in [0.2, 0.25) is 0 Å². The summed E-state index contributed by atoms with van der Waals surface area (Å²) in [6.45, 7) is -0.980. The van der Waals surface area contributed by atoms with Gasteiger partial charge in [-0.1, -0.05) is 24.3 Å². The highest BCUT2D eigenvalue weighted by Gasteiger charge is 2.41. The Kier molecular flexibility index (Phi) is 6.58. The molecule has 0 aliphatic carbocycles. The molecule has 1 aliphatic heterocycles. The number of benzene rings is 2. The Labute approximate surface area is 194 Å². The first-order valence-corrected chi connectivity index (χ1v) is 10.2. The molecule has 0 bridgehead atoms. The summed E-state index contributed by atoms with van der Waals surface area (Å²) in [5, 5.41) is 0. The summed E-state index contributed by atoms with van der Waals surface area (Å²) in [6, 6.07) is 14.3. The van der Waals surface area contributed by atoms with Crippen molar-refractivity contribution in [1.29, 1.82) is 0 Å². The van der Waals surface area contributed by atoms with Crippen molar-refractivity contribution in [1.82, 2.24) is 10.5 Å². The minimum Gasteiger partial charge on any atom is -0.495 e. The van der Waals surface area contributed by atoms with Crippen LogP contribution in [-0.2, 0) is 19.9 Å². The van der Waals surface area contributed by atoms with Crippen molar-refractivity contribution in [3.8, 4) is 22.6 Å². The molecule has 1 aromatic heterocycles. The first-order chi connectivity index (χ1) is 16.4. The van der Waals surface area contributed by atoms with Crippen molar-refractivity contribution in [3.05, 3.63) is 77.6 Å². The number of ether oxygens (including phenoxy) is 3. The summed E-state index contributed by atoms with van der Waals surface area (Å²) in [5.41, 5.74) is 4.93. The Bertz CT molecular complexity index is 1220. The highest BCUT2D eigenvalue weighted by molar-refractivity contribution is 5.77. The maximum absolute atomic E-state index is 12.7. The minimum atomic E-state index is -2.93. The number of aliphatic imine (C=N–C) groups is 1. The van der Waals surface area contributed by atoms with E-state index in [9.17, 15) is 13.6 Å². The summed E-state index contributed by atoms with van der Waals surface area (Å²) < 4.78 is 41.0. The van der Waals surface area contributed by atoms with Gasteiger partial charge in [-0.25, -0.2) is 4.99 Å². The van der Waals surface area contributed by atoms with Crippen LogP contribution >= 0.6 is 0 Å². The molecule has 0 fully saturated rings. The molecular weight excluding hydrogens is 448 g/mol. The zero-order valence-corrected chi connectivity index (χ0v) is 18.3. The van der Waals surface area contributed by atoms with Crippen LogP contribution < -0.4 is 15.0 Å². The number of hydrogen-bond acceptors (Lipinski definition) is 8. The second kappa shape index (κ2) is 9.74. The van der Waals surface area contributed by atoms with Crippen LogP contribution in [0.3, 0.4) is 0 Å². The third-order valence-corrected chi connectivity index (χ3v) is 5.40. The first-order valence-electron chi connectivity index (χ1n) is 10.2. The molecule has 2 aromatic carbocycles. The van der Waals surface area contributed by atoms with Crippen LogP contribution in [0, 0.1) is 6.92 Å². The SMILES string of the molecule is COc1cncc(-c2cccc(C3(c4ccc(OC(F)F)c(C)c4)COC(NOC=O)=N3)c2)c1. The van der Waals surface area contributed by atoms with Gasteiger partial charge in [0.2, 0.25) is 0 Å². The van der Waals surface area contributed by atoms with E-state index in [1.54, 1.807) is 38.6 Å². The molecule has 34 heavy (non-hydrogen) atoms. The third kappa shape index (κ3) is 4.61. The van der Waals surface area contributed by atoms with E-state index in [0.717, 1.165) is 16.7 Å². The van der Waals surface area contributed by atoms with Crippen molar-refractivity contribution in [3.63, 3.8) is 0 Å². The smallest absolute Gasteiger partial charge is 0.387 e. The Morgan fingerprint density at radius 3 is 2.68 bits per heavy atom. The van der Waals surface area contributed by atoms with Crippen molar-refractivity contribution < 1.29 is 32.6 Å². The van der Waals surface area contributed by atoms with Gasteiger partial charge in [-0.15, -0.1) is 0 Å². The molecule has 0 saturated heterocycles. The van der Waals surface area contributed by atoms with Crippen molar-refractivity contribution >= 4 is 12.5 Å². The fraction of sp³-hybridized carbons (Fsp3) is 0.208. The maximum Gasteiger partial charge on any atom is 0.387 e. The fourth-order valence-electron chi connectivity index (χ4n) is 3.78. The van der Waals surface area contributed by atoms with Crippen LogP contribution in [0.25, 0.3) is 11.1 Å². The predicted octanol–water partition coefficient (Wildman–Crippen LogP) is 3.97. The monoisotopic (exact) mass is 469 g/mol. The summed E-state index contributed by atoms with van der Waals surface area (Å²) in [4.78, 5) is 24.1. The zero-order chi connectivity index (χ0) is 24.1. The maximum atomic E-state index is 12.7. The molecule has 4 rings (SSSR count). The Hall–Kier alpha value is -4.21. The molecule has 8 nitrogen and oxygen atoms in total. The summed E-state index contributed by atoms with van der Waals surface area (Å²) in [5.74, 6) is 0.679. The summed E-state index contributed by atoms with van der Waals surface area (Å²) in [7, 11) is 1.57. The van der Waals surface area contributed by atoms with E-state index < -0.39 is 12.2 Å². The van der Waals surface area contributed by atoms with Gasteiger partial charge in [0.05, 0.1) is 13.3 Å². The van der Waals surface area contributed by atoms with Crippen LogP contribution in [0.4, 0.5) is 8.78 Å². The van der Waals surface area contributed by atoms with Crippen LogP contribution in [0.5, 0.6) is 11.5 Å².